The third-order valence-electron chi connectivity index (χ3n) is 7.21. The Morgan fingerprint density at radius 2 is 0.955 bits per heavy atom. The maximum atomic E-state index is 11.6. The number of ether oxygens (including phenoxy) is 6. The van der Waals surface area contributed by atoms with E-state index in [4.69, 9.17) is 28.4 Å². The number of hydrogen-bond acceptors (Lipinski definition) is 7. The second kappa shape index (κ2) is 16.8. The predicted octanol–water partition coefficient (Wildman–Crippen LogP) is 5.79. The van der Waals surface area contributed by atoms with E-state index in [9.17, 15) is 9.90 Å². The van der Waals surface area contributed by atoms with E-state index in [1.807, 2.05) is 121 Å². The minimum Gasteiger partial charge on any atom is -0.480 e. The van der Waals surface area contributed by atoms with Gasteiger partial charge in [-0.05, 0) is 22.3 Å². The largest absolute Gasteiger partial charge is 0.480 e. The number of rotatable bonds is 16. The van der Waals surface area contributed by atoms with Gasteiger partial charge in [-0.1, -0.05) is 121 Å². The molecule has 0 aromatic heterocycles. The van der Waals surface area contributed by atoms with Crippen LogP contribution < -0.4 is 0 Å². The van der Waals surface area contributed by atoms with Gasteiger partial charge in [-0.15, -0.1) is 0 Å². The normalized spacial score (nSPS) is 21.6. The van der Waals surface area contributed by atoms with Crippen molar-refractivity contribution < 1.29 is 38.3 Å². The number of benzene rings is 4. The van der Waals surface area contributed by atoms with Crippen LogP contribution in [-0.2, 0) is 59.6 Å². The van der Waals surface area contributed by atoms with Crippen LogP contribution in [0.15, 0.2) is 121 Å². The first-order valence-corrected chi connectivity index (χ1v) is 14.7. The van der Waals surface area contributed by atoms with Crippen molar-refractivity contribution in [3.63, 3.8) is 0 Å². The lowest BCUT2D eigenvalue weighted by atomic mass is 9.97. The topological polar surface area (TPSA) is 92.7 Å². The summed E-state index contributed by atoms with van der Waals surface area (Å²) < 4.78 is 37.9. The van der Waals surface area contributed by atoms with Crippen LogP contribution in [0.1, 0.15) is 22.3 Å². The van der Waals surface area contributed by atoms with Crippen LogP contribution in [0, 0.1) is 0 Å². The summed E-state index contributed by atoms with van der Waals surface area (Å²) in [6.45, 7) is 0.808. The van der Waals surface area contributed by atoms with Crippen molar-refractivity contribution in [2.75, 3.05) is 13.2 Å². The second-order valence-electron chi connectivity index (χ2n) is 10.5. The molecule has 1 fully saturated rings. The molecule has 1 aliphatic rings. The van der Waals surface area contributed by atoms with Gasteiger partial charge in [0.1, 0.15) is 31.0 Å². The Labute approximate surface area is 258 Å². The molecule has 44 heavy (non-hydrogen) atoms. The van der Waals surface area contributed by atoms with E-state index >= 15 is 0 Å². The molecule has 5 rings (SSSR count). The van der Waals surface area contributed by atoms with Gasteiger partial charge >= 0.3 is 5.97 Å². The van der Waals surface area contributed by atoms with E-state index in [0.717, 1.165) is 22.3 Å². The molecule has 1 saturated heterocycles. The van der Waals surface area contributed by atoms with Crippen LogP contribution in [0.3, 0.4) is 0 Å². The maximum Gasteiger partial charge on any atom is 0.329 e. The molecule has 1 aliphatic heterocycles. The molecule has 0 saturated carbocycles. The van der Waals surface area contributed by atoms with Crippen LogP contribution in [0.2, 0.25) is 0 Å². The third-order valence-corrected chi connectivity index (χ3v) is 7.21. The van der Waals surface area contributed by atoms with Crippen LogP contribution in [0.4, 0.5) is 0 Å². The quantitative estimate of drug-likeness (QED) is 0.173. The molecule has 4 aromatic carbocycles. The fourth-order valence-electron chi connectivity index (χ4n) is 5.03. The maximum absolute atomic E-state index is 11.6. The fraction of sp³-hybridized carbons (Fsp3) is 0.306. The SMILES string of the molecule is O=C(O)COC1O[C@H](COCc2ccccc2)[C@H](OCc2ccccc2)[C@@H](OCc2ccccc2)[C@H]1OCc1ccccc1. The Morgan fingerprint density at radius 3 is 1.41 bits per heavy atom. The minimum atomic E-state index is -1.11. The molecule has 8 heteroatoms. The zero-order valence-electron chi connectivity index (χ0n) is 24.5. The number of carboxylic acid groups (broad SMARTS) is 1. The van der Waals surface area contributed by atoms with Crippen LogP contribution >= 0.6 is 0 Å². The molecule has 1 N–H and O–H groups in total. The van der Waals surface area contributed by atoms with Gasteiger partial charge in [-0.2, -0.15) is 0 Å². The molecular weight excluding hydrogens is 560 g/mol. The summed E-state index contributed by atoms with van der Waals surface area (Å²) in [7, 11) is 0. The average Bonchev–Trinajstić information content (AvgIpc) is 3.07. The highest BCUT2D eigenvalue weighted by Gasteiger charge is 2.49. The summed E-state index contributed by atoms with van der Waals surface area (Å²) in [5.74, 6) is -1.11. The Kier molecular flexibility index (Phi) is 12.1. The first-order chi connectivity index (χ1) is 21.7. The van der Waals surface area contributed by atoms with Gasteiger partial charge in [-0.25, -0.2) is 4.79 Å². The molecule has 4 aromatic rings. The predicted molar refractivity (Wildman–Crippen MR) is 163 cm³/mol. The highest BCUT2D eigenvalue weighted by atomic mass is 16.7. The van der Waals surface area contributed by atoms with Gasteiger partial charge in [0.25, 0.3) is 0 Å². The molecule has 0 radical (unpaired) electrons. The van der Waals surface area contributed by atoms with E-state index in [-0.39, 0.29) is 19.8 Å². The summed E-state index contributed by atoms with van der Waals surface area (Å²) in [4.78, 5) is 11.6. The molecule has 0 amide bonds. The van der Waals surface area contributed by atoms with E-state index in [1.54, 1.807) is 0 Å². The standard InChI is InChI=1S/C36H38O8/c37-32(38)26-43-36-35(42-24-30-19-11-4-12-20-30)34(41-23-29-17-9-3-10-18-29)33(40-22-28-15-7-2-8-16-28)31(44-36)25-39-21-27-13-5-1-6-14-27/h1-20,31,33-36H,21-26H2,(H,37,38)/t31-,33+,34-,35-,36?/m1/s1. The molecule has 0 spiro atoms. The van der Waals surface area contributed by atoms with E-state index in [0.29, 0.717) is 13.2 Å². The number of aliphatic carboxylic acids is 1. The zero-order chi connectivity index (χ0) is 30.4. The average molecular weight is 599 g/mol. The second-order valence-corrected chi connectivity index (χ2v) is 10.5. The van der Waals surface area contributed by atoms with Gasteiger partial charge in [0.2, 0.25) is 0 Å². The van der Waals surface area contributed by atoms with Crippen molar-refractivity contribution in [3.8, 4) is 0 Å². The molecule has 0 bridgehead atoms. The van der Waals surface area contributed by atoms with Gasteiger partial charge in [0.05, 0.1) is 33.0 Å². The van der Waals surface area contributed by atoms with E-state index < -0.39 is 43.3 Å². The first kappa shape index (κ1) is 31.5. The zero-order valence-corrected chi connectivity index (χ0v) is 24.5. The van der Waals surface area contributed by atoms with Gasteiger partial charge < -0.3 is 33.5 Å². The van der Waals surface area contributed by atoms with Crippen molar-refractivity contribution in [3.05, 3.63) is 144 Å². The Hall–Kier alpha value is -3.89. The molecule has 230 valence electrons. The van der Waals surface area contributed by atoms with Crippen LogP contribution in [0.5, 0.6) is 0 Å². The third kappa shape index (κ3) is 9.56. The molecular formula is C36H38O8. The Bertz CT molecular complexity index is 1370. The summed E-state index contributed by atoms with van der Waals surface area (Å²) in [5.41, 5.74) is 3.93. The van der Waals surface area contributed by atoms with E-state index in [1.165, 1.54) is 0 Å². The van der Waals surface area contributed by atoms with Crippen molar-refractivity contribution >= 4 is 5.97 Å². The summed E-state index contributed by atoms with van der Waals surface area (Å²) in [5, 5.41) is 9.45. The van der Waals surface area contributed by atoms with Crippen LogP contribution in [0.25, 0.3) is 0 Å². The Morgan fingerprint density at radius 1 is 0.545 bits per heavy atom. The minimum absolute atomic E-state index is 0.165. The lowest BCUT2D eigenvalue weighted by Crippen LogP contribution is -2.62. The molecule has 0 aliphatic carbocycles. The van der Waals surface area contributed by atoms with Gasteiger partial charge in [-0.3, -0.25) is 0 Å². The number of carboxylic acids is 1. The van der Waals surface area contributed by atoms with Crippen molar-refractivity contribution in [2.24, 2.45) is 0 Å². The molecule has 8 nitrogen and oxygen atoms in total. The Balaban J connectivity index is 1.42. The van der Waals surface area contributed by atoms with Gasteiger partial charge in [0.15, 0.2) is 6.29 Å². The summed E-state index contributed by atoms with van der Waals surface area (Å²) in [6.07, 6.45) is -3.79. The molecule has 1 unspecified atom stereocenters. The van der Waals surface area contributed by atoms with Crippen molar-refractivity contribution in [2.45, 2.75) is 57.1 Å². The molecule has 5 atom stereocenters. The lowest BCUT2D eigenvalue weighted by molar-refractivity contribution is -0.327. The van der Waals surface area contributed by atoms with Crippen molar-refractivity contribution in [1.29, 1.82) is 0 Å². The number of carbonyl (C=O) groups is 1. The lowest BCUT2D eigenvalue weighted by Gasteiger charge is -2.45. The van der Waals surface area contributed by atoms with Crippen molar-refractivity contribution in [1.82, 2.24) is 0 Å². The first-order valence-electron chi connectivity index (χ1n) is 14.7. The summed E-state index contributed by atoms with van der Waals surface area (Å²) >= 11 is 0. The van der Waals surface area contributed by atoms with Crippen LogP contribution in [-0.4, -0.2) is 55.0 Å². The highest BCUT2D eigenvalue weighted by Crippen LogP contribution is 2.31. The fourth-order valence-corrected chi connectivity index (χ4v) is 5.03. The number of hydrogen-bond donors (Lipinski definition) is 1. The van der Waals surface area contributed by atoms with E-state index in [2.05, 4.69) is 0 Å². The highest BCUT2D eigenvalue weighted by molar-refractivity contribution is 5.68. The summed E-state index contributed by atoms with van der Waals surface area (Å²) in [6, 6.07) is 39.3. The monoisotopic (exact) mass is 598 g/mol. The van der Waals surface area contributed by atoms with Gasteiger partial charge in [0, 0.05) is 0 Å². The molecule has 1 heterocycles. The smallest absolute Gasteiger partial charge is 0.329 e.